The third-order valence-corrected chi connectivity index (χ3v) is 4.17. The molecule has 1 heterocycles. The number of aliphatic hydroxyl groups excluding tert-OH is 1. The zero-order chi connectivity index (χ0) is 17.9. The Kier molecular flexibility index (Phi) is 5.42. The summed E-state index contributed by atoms with van der Waals surface area (Å²) in [6.45, 7) is 7.88. The van der Waals surface area contributed by atoms with Crippen molar-refractivity contribution in [3.05, 3.63) is 52.8 Å². The zero-order valence-corrected chi connectivity index (χ0v) is 14.5. The number of benzene rings is 1. The molecule has 1 aromatic carbocycles. The van der Waals surface area contributed by atoms with E-state index in [-0.39, 0.29) is 18.4 Å². The fourth-order valence-corrected chi connectivity index (χ4v) is 2.60. The van der Waals surface area contributed by atoms with Crippen LogP contribution in [0, 0.1) is 31.1 Å². The van der Waals surface area contributed by atoms with Crippen LogP contribution in [0.2, 0.25) is 0 Å². The number of nitrogens with one attached hydrogen (secondary N) is 1. The van der Waals surface area contributed by atoms with E-state index < -0.39 is 6.10 Å². The van der Waals surface area contributed by atoms with Crippen LogP contribution in [0.5, 0.6) is 0 Å². The molecular weight excluding hydrogens is 302 g/mol. The minimum atomic E-state index is -0.559. The highest BCUT2D eigenvalue weighted by molar-refractivity contribution is 5.95. The maximum absolute atomic E-state index is 12.4. The van der Waals surface area contributed by atoms with Gasteiger partial charge in [-0.3, -0.25) is 4.79 Å². The molecule has 1 amide bonds. The molecule has 0 saturated heterocycles. The van der Waals surface area contributed by atoms with Crippen molar-refractivity contribution in [2.24, 2.45) is 5.92 Å². The van der Waals surface area contributed by atoms with Crippen LogP contribution in [0.15, 0.2) is 30.3 Å². The van der Waals surface area contributed by atoms with Crippen LogP contribution in [-0.2, 0) is 0 Å². The second-order valence-corrected chi connectivity index (χ2v) is 6.30. The summed E-state index contributed by atoms with van der Waals surface area (Å²) >= 11 is 0. The lowest BCUT2D eigenvalue weighted by molar-refractivity contribution is 0.0871. The first-order valence-electron chi connectivity index (χ1n) is 8.01. The smallest absolute Gasteiger partial charge is 0.253 e. The molecule has 0 aliphatic carbocycles. The lowest BCUT2D eigenvalue weighted by Gasteiger charge is -2.15. The van der Waals surface area contributed by atoms with Crippen molar-refractivity contribution in [2.75, 3.05) is 6.54 Å². The van der Waals surface area contributed by atoms with Gasteiger partial charge in [-0.25, -0.2) is 0 Å². The fraction of sp³-hybridized carbons (Fsp3) is 0.368. The summed E-state index contributed by atoms with van der Waals surface area (Å²) in [5.74, 6) is -0.0981. The summed E-state index contributed by atoms with van der Waals surface area (Å²) < 4.78 is 1.98. The largest absolute Gasteiger partial charge is 0.391 e. The van der Waals surface area contributed by atoms with Crippen LogP contribution in [0.4, 0.5) is 0 Å². The molecule has 1 aromatic heterocycles. The summed E-state index contributed by atoms with van der Waals surface area (Å²) in [4.78, 5) is 12.4. The van der Waals surface area contributed by atoms with E-state index in [1.165, 1.54) is 0 Å². The number of aromatic nitrogens is 1. The summed E-state index contributed by atoms with van der Waals surface area (Å²) in [7, 11) is 0. The highest BCUT2D eigenvalue weighted by atomic mass is 16.3. The molecule has 0 fully saturated rings. The summed E-state index contributed by atoms with van der Waals surface area (Å²) in [6.07, 6.45) is -0.559. The number of hydrogen-bond donors (Lipinski definition) is 2. The minimum absolute atomic E-state index is 0.0939. The number of carbonyl (C=O) groups is 1. The maximum atomic E-state index is 12.4. The van der Waals surface area contributed by atoms with E-state index in [9.17, 15) is 9.90 Å². The second-order valence-electron chi connectivity index (χ2n) is 6.30. The van der Waals surface area contributed by atoms with Gasteiger partial charge < -0.3 is 15.0 Å². The van der Waals surface area contributed by atoms with Crippen LogP contribution in [0.3, 0.4) is 0 Å². The van der Waals surface area contributed by atoms with Gasteiger partial charge in [0.05, 0.1) is 23.3 Å². The van der Waals surface area contributed by atoms with Crippen LogP contribution in [0.1, 0.15) is 41.2 Å². The van der Waals surface area contributed by atoms with E-state index in [1.807, 2.05) is 50.5 Å². The van der Waals surface area contributed by atoms with Gasteiger partial charge in [0.1, 0.15) is 0 Å². The zero-order valence-electron chi connectivity index (χ0n) is 14.5. The van der Waals surface area contributed by atoms with Crippen molar-refractivity contribution in [3.63, 3.8) is 0 Å². The molecule has 2 rings (SSSR count). The van der Waals surface area contributed by atoms with Gasteiger partial charge in [0.15, 0.2) is 0 Å². The Morgan fingerprint density at radius 1 is 1.29 bits per heavy atom. The van der Waals surface area contributed by atoms with Crippen molar-refractivity contribution in [2.45, 2.75) is 33.8 Å². The number of hydrogen-bond acceptors (Lipinski definition) is 3. The molecule has 0 aliphatic heterocycles. The van der Waals surface area contributed by atoms with E-state index in [1.54, 1.807) is 12.1 Å². The van der Waals surface area contributed by atoms with Crippen molar-refractivity contribution in [3.8, 4) is 11.8 Å². The predicted molar refractivity (Wildman–Crippen MR) is 93.1 cm³/mol. The third-order valence-electron chi connectivity index (χ3n) is 4.17. The van der Waals surface area contributed by atoms with Crippen LogP contribution in [0.25, 0.3) is 5.69 Å². The third kappa shape index (κ3) is 3.66. The first kappa shape index (κ1) is 17.8. The number of amides is 1. The van der Waals surface area contributed by atoms with Crippen LogP contribution < -0.4 is 5.32 Å². The molecule has 0 bridgehead atoms. The summed E-state index contributed by atoms with van der Waals surface area (Å²) in [5, 5.41) is 21.5. The molecular formula is C19H23N3O2. The molecule has 5 heteroatoms. The van der Waals surface area contributed by atoms with Gasteiger partial charge in [-0.15, -0.1) is 0 Å². The summed E-state index contributed by atoms with van der Waals surface area (Å²) in [5.41, 5.74) is 3.86. The van der Waals surface area contributed by atoms with Crippen molar-refractivity contribution in [1.29, 1.82) is 5.26 Å². The first-order valence-corrected chi connectivity index (χ1v) is 8.01. The number of nitriles is 1. The quantitative estimate of drug-likeness (QED) is 0.887. The van der Waals surface area contributed by atoms with Crippen molar-refractivity contribution in [1.82, 2.24) is 9.88 Å². The Labute approximate surface area is 142 Å². The number of nitrogens with zero attached hydrogens (tertiary/aromatic N) is 2. The minimum Gasteiger partial charge on any atom is -0.391 e. The molecule has 2 N–H and O–H groups in total. The number of aliphatic hydroxyl groups is 1. The Morgan fingerprint density at radius 3 is 2.46 bits per heavy atom. The molecule has 0 spiro atoms. The SMILES string of the molecule is Cc1cc(C(=O)NCC(O)C(C)C)c(C)n1-c1ccc(C#N)cc1. The highest BCUT2D eigenvalue weighted by Gasteiger charge is 2.18. The van der Waals surface area contributed by atoms with Crippen LogP contribution >= 0.6 is 0 Å². The van der Waals surface area contributed by atoms with E-state index in [4.69, 9.17) is 5.26 Å². The number of carbonyl (C=O) groups excluding carboxylic acids is 1. The monoisotopic (exact) mass is 325 g/mol. The Balaban J connectivity index is 2.25. The predicted octanol–water partition coefficient (Wildman–Crippen LogP) is 2.71. The molecule has 1 unspecified atom stereocenters. The van der Waals surface area contributed by atoms with E-state index >= 15 is 0 Å². The average Bonchev–Trinajstić information content (AvgIpc) is 2.87. The lowest BCUT2D eigenvalue weighted by Crippen LogP contribution is -2.34. The molecule has 126 valence electrons. The Hall–Kier alpha value is -2.58. The van der Waals surface area contributed by atoms with Crippen molar-refractivity contribution >= 4 is 5.91 Å². The van der Waals surface area contributed by atoms with Gasteiger partial charge in [0.25, 0.3) is 5.91 Å². The fourth-order valence-electron chi connectivity index (χ4n) is 2.60. The van der Waals surface area contributed by atoms with E-state index in [2.05, 4.69) is 11.4 Å². The van der Waals surface area contributed by atoms with E-state index in [0.29, 0.717) is 11.1 Å². The topological polar surface area (TPSA) is 78.0 Å². The normalized spacial score (nSPS) is 12.0. The standard InChI is InChI=1S/C19H23N3O2/c1-12(2)18(23)11-21-19(24)17-9-13(3)22(14(17)4)16-7-5-15(10-20)6-8-16/h5-9,12,18,23H,11H2,1-4H3,(H,21,24). The van der Waals surface area contributed by atoms with E-state index in [0.717, 1.165) is 17.1 Å². The molecule has 0 aliphatic rings. The summed E-state index contributed by atoms with van der Waals surface area (Å²) in [6, 6.07) is 11.2. The number of aryl methyl sites for hydroxylation is 1. The van der Waals surface area contributed by atoms with Gasteiger partial charge in [0.2, 0.25) is 0 Å². The number of rotatable bonds is 5. The maximum Gasteiger partial charge on any atom is 0.253 e. The Morgan fingerprint density at radius 2 is 1.92 bits per heavy atom. The molecule has 24 heavy (non-hydrogen) atoms. The van der Waals surface area contributed by atoms with Gasteiger partial charge >= 0.3 is 0 Å². The molecule has 5 nitrogen and oxygen atoms in total. The van der Waals surface area contributed by atoms with Gasteiger partial charge in [0, 0.05) is 23.6 Å². The van der Waals surface area contributed by atoms with Crippen LogP contribution in [-0.4, -0.2) is 28.2 Å². The molecule has 2 aromatic rings. The highest BCUT2D eigenvalue weighted by Crippen LogP contribution is 2.21. The Bertz CT molecular complexity index is 767. The molecule has 0 radical (unpaired) electrons. The van der Waals surface area contributed by atoms with Gasteiger partial charge in [-0.1, -0.05) is 13.8 Å². The van der Waals surface area contributed by atoms with Gasteiger partial charge in [-0.2, -0.15) is 5.26 Å². The second kappa shape index (κ2) is 7.33. The average molecular weight is 325 g/mol. The van der Waals surface area contributed by atoms with Crippen molar-refractivity contribution < 1.29 is 9.90 Å². The van der Waals surface area contributed by atoms with Gasteiger partial charge in [-0.05, 0) is 50.1 Å². The lowest BCUT2D eigenvalue weighted by atomic mass is 10.1. The first-order chi connectivity index (χ1) is 11.3. The molecule has 0 saturated carbocycles. The molecule has 1 atom stereocenters.